The molecule has 9 amide bonds. The number of carbonyl (C=O) groups is 11. The molecule has 0 spiro atoms. The van der Waals surface area contributed by atoms with E-state index < -0.39 is 121 Å². The Labute approximate surface area is 584 Å². The second kappa shape index (κ2) is 30.0. The Morgan fingerprint density at radius 2 is 1.53 bits per heavy atom. The van der Waals surface area contributed by atoms with E-state index in [4.69, 9.17) is 19.2 Å². The van der Waals surface area contributed by atoms with Crippen LogP contribution in [0.1, 0.15) is 116 Å². The van der Waals surface area contributed by atoms with Crippen LogP contribution in [0, 0.1) is 16.3 Å². The number of esters is 2. The lowest BCUT2D eigenvalue weighted by Gasteiger charge is -2.35. The number of nitrogens with zero attached hydrogens (tertiary/aromatic N) is 4. The van der Waals surface area contributed by atoms with Crippen molar-refractivity contribution in [3.63, 3.8) is 0 Å². The first-order valence-electron chi connectivity index (χ1n) is 32.1. The van der Waals surface area contributed by atoms with E-state index in [1.165, 1.54) is 40.8 Å². The Morgan fingerprint density at radius 3 is 2.26 bits per heavy atom. The number of ether oxygens (including phenoxy) is 3. The molecule has 4 atom stereocenters. The molecule has 0 saturated heterocycles. The van der Waals surface area contributed by atoms with Gasteiger partial charge in [0.15, 0.2) is 0 Å². The summed E-state index contributed by atoms with van der Waals surface area (Å²) in [5.74, 6) is -7.30. The molecule has 516 valence electrons. The maximum Gasteiger partial charge on any atom is 0.410 e. The summed E-state index contributed by atoms with van der Waals surface area (Å²) < 4.78 is 35.2. The van der Waals surface area contributed by atoms with E-state index in [2.05, 4.69) is 31.9 Å². The zero-order valence-corrected chi connectivity index (χ0v) is 56.7. The molecule has 1 unspecified atom stereocenters. The van der Waals surface area contributed by atoms with Gasteiger partial charge in [-0.05, 0) is 138 Å². The van der Waals surface area contributed by atoms with Crippen molar-refractivity contribution in [3.8, 4) is 11.4 Å². The van der Waals surface area contributed by atoms with Crippen molar-refractivity contribution in [1.82, 2.24) is 41.0 Å². The number of carbonyl (C=O) groups excluding carboxylic acids is 11. The first kappa shape index (κ1) is 70.3. The molecule has 7 N–H and O–H groups in total. The largest absolute Gasteiger partial charge is 0.457 e. The third kappa shape index (κ3) is 15.2. The predicted molar refractivity (Wildman–Crippen MR) is 367 cm³/mol. The van der Waals surface area contributed by atoms with Crippen LogP contribution in [0.2, 0.25) is 0 Å². The fourth-order valence-electron chi connectivity index (χ4n) is 12.6. The average Bonchev–Trinajstić information content (AvgIpc) is 1.49. The number of amides is 9. The van der Waals surface area contributed by atoms with Crippen molar-refractivity contribution >= 4 is 110 Å². The molecular weight excluding hydrogens is 1410 g/mol. The normalized spacial score (nSPS) is 16.1. The SMILES string of the molecule is CC[C@@]1(OC(=O)c2ccccc2CN(C)C(=O)OCc2ccc(NC(=O)CNC(=O)[C@H](Cc3ccccc3)NC(=O)CNC(=O)CNC(=O)c3cc(I)cc(N4C(=O)C=CC4=O)c3)cc2)C(=O)OCc2c1cc1n(c2=O)Cc2c-1nc1cc(F)c(C)c3c1c2[C@@H](NC(=O)CCC(C)O)CC3. The number of imide groups is 1. The minimum atomic E-state index is -2.14. The molecule has 1 aliphatic carbocycles. The molecule has 26 nitrogen and oxygen atoms in total. The van der Waals surface area contributed by atoms with Crippen molar-refractivity contribution in [2.24, 2.45) is 0 Å². The van der Waals surface area contributed by atoms with E-state index in [0.717, 1.165) is 22.6 Å². The number of benzene rings is 5. The minimum absolute atomic E-state index is 0.00883. The minimum Gasteiger partial charge on any atom is -0.457 e. The van der Waals surface area contributed by atoms with Crippen LogP contribution in [0.5, 0.6) is 0 Å². The first-order valence-corrected chi connectivity index (χ1v) is 33.1. The number of hydrogen-bond acceptors (Lipinski definition) is 17. The Bertz CT molecular complexity index is 4620. The smallest absolute Gasteiger partial charge is 0.410 e. The van der Waals surface area contributed by atoms with Crippen LogP contribution in [0.4, 0.5) is 20.6 Å². The third-order valence-corrected chi connectivity index (χ3v) is 18.3. The van der Waals surface area contributed by atoms with Crippen molar-refractivity contribution in [2.45, 2.75) is 109 Å². The summed E-state index contributed by atoms with van der Waals surface area (Å²) in [6, 6.07) is 26.9. The number of hydrogen-bond donors (Lipinski definition) is 7. The molecule has 11 rings (SSSR count). The van der Waals surface area contributed by atoms with E-state index in [9.17, 15) is 62.6 Å². The number of pyridine rings is 2. The number of rotatable bonds is 24. The molecule has 0 bridgehead atoms. The Balaban J connectivity index is 0.681. The summed E-state index contributed by atoms with van der Waals surface area (Å²) >= 11 is 1.92. The summed E-state index contributed by atoms with van der Waals surface area (Å²) in [6.07, 6.45) is 1.78. The van der Waals surface area contributed by atoms with Gasteiger partial charge >= 0.3 is 18.0 Å². The molecule has 28 heteroatoms. The van der Waals surface area contributed by atoms with Crippen LogP contribution in [0.3, 0.4) is 0 Å². The lowest BCUT2D eigenvalue weighted by molar-refractivity contribution is -0.173. The van der Waals surface area contributed by atoms with Gasteiger partial charge in [0.25, 0.3) is 23.3 Å². The van der Waals surface area contributed by atoms with Gasteiger partial charge in [-0.2, -0.15) is 0 Å². The highest BCUT2D eigenvalue weighted by Crippen LogP contribution is 2.47. The van der Waals surface area contributed by atoms with Crippen LogP contribution < -0.4 is 42.4 Å². The number of anilines is 2. The van der Waals surface area contributed by atoms with E-state index in [1.54, 1.807) is 106 Å². The summed E-state index contributed by atoms with van der Waals surface area (Å²) in [5, 5.41) is 26.3. The fraction of sp³-hybridized carbons (Fsp3) is 0.292. The summed E-state index contributed by atoms with van der Waals surface area (Å²) in [6.45, 7) is 2.49. The van der Waals surface area contributed by atoms with Gasteiger partial charge < -0.3 is 60.7 Å². The molecule has 0 saturated carbocycles. The molecular formula is C72H68FIN10O16. The van der Waals surface area contributed by atoms with Gasteiger partial charge in [0.05, 0.1) is 72.0 Å². The number of aromatic nitrogens is 2. The quantitative estimate of drug-likeness (QED) is 0.0163. The maximum atomic E-state index is 15.6. The fourth-order valence-corrected chi connectivity index (χ4v) is 13.2. The predicted octanol–water partition coefficient (Wildman–Crippen LogP) is 5.79. The number of aryl methyl sites for hydroxylation is 1. The number of halogens is 2. The van der Waals surface area contributed by atoms with Crippen molar-refractivity contribution < 1.29 is 76.4 Å². The van der Waals surface area contributed by atoms with Crippen LogP contribution >= 0.6 is 22.6 Å². The highest BCUT2D eigenvalue weighted by atomic mass is 127. The molecule has 5 heterocycles. The molecule has 4 aliphatic rings. The van der Waals surface area contributed by atoms with E-state index in [0.29, 0.717) is 72.1 Å². The Kier molecular flexibility index (Phi) is 21.1. The maximum absolute atomic E-state index is 15.6. The molecule has 100 heavy (non-hydrogen) atoms. The van der Waals surface area contributed by atoms with Gasteiger partial charge in [0.1, 0.15) is 25.1 Å². The molecule has 0 radical (unpaired) electrons. The van der Waals surface area contributed by atoms with Gasteiger partial charge in [-0.25, -0.2) is 28.7 Å². The summed E-state index contributed by atoms with van der Waals surface area (Å²) in [4.78, 5) is 167. The highest BCUT2D eigenvalue weighted by Gasteiger charge is 2.51. The number of aliphatic hydroxyl groups is 1. The molecule has 3 aliphatic heterocycles. The van der Waals surface area contributed by atoms with Crippen LogP contribution in [0.15, 0.2) is 126 Å². The third-order valence-electron chi connectivity index (χ3n) is 17.7. The standard InChI is InChI=1S/C72H68FIN10O16/c1-5-72(51-29-56-65-49(35-83(56)68(94)50(51)37-98-70(72)96)64-53(79-57(86)22-15-38(2)85)21-20-47-39(3)52(73)30-54(81-65)63(47)64)100-69(95)48-14-10-9-13-42(48)34-82(4)71(97)99-36-41-16-18-45(19-17-41)78-59(88)33-77-67(93)55(25-40-11-7-6-8-12-40)80-60(89)32-75-58(87)31-76-66(92)43-26-44(74)28-46(27-43)84-61(90)23-24-62(84)91/h6-14,16-19,23-24,26-30,38,53,55,85H,5,15,20-22,25,31-37H2,1-4H3,(H,75,87)(H,76,92)(H,77,93)(H,78,88)(H,79,86)(H,80,89)/t38?,53-,55-,72-/m0/s1. The number of nitrogens with one attached hydrogen (secondary N) is 6. The number of aliphatic hydroxyl groups excluding tert-OH is 1. The van der Waals surface area contributed by atoms with Crippen LogP contribution in [0.25, 0.3) is 22.3 Å². The molecule has 0 fully saturated rings. The van der Waals surface area contributed by atoms with Crippen molar-refractivity contribution in [2.75, 3.05) is 36.9 Å². The lowest BCUT2D eigenvalue weighted by atomic mass is 9.81. The van der Waals surface area contributed by atoms with Crippen molar-refractivity contribution in [3.05, 3.63) is 202 Å². The summed E-state index contributed by atoms with van der Waals surface area (Å²) in [7, 11) is 1.45. The van der Waals surface area contributed by atoms with Gasteiger partial charge in [-0.15, -0.1) is 0 Å². The van der Waals surface area contributed by atoms with Crippen LogP contribution in [-0.4, -0.2) is 124 Å². The number of cyclic esters (lactones) is 1. The molecule has 2 aromatic heterocycles. The first-order chi connectivity index (χ1) is 47.9. The van der Waals surface area contributed by atoms with Gasteiger partial charge in [0.2, 0.25) is 35.1 Å². The highest BCUT2D eigenvalue weighted by molar-refractivity contribution is 14.1. The Hall–Kier alpha value is -11.0. The molecule has 5 aromatic carbocycles. The van der Waals surface area contributed by atoms with Crippen LogP contribution in [-0.2, 0) is 97.3 Å². The number of fused-ring (bicyclic) bond motifs is 5. The van der Waals surface area contributed by atoms with E-state index in [-0.39, 0.29) is 84.9 Å². The van der Waals surface area contributed by atoms with E-state index >= 15 is 4.39 Å². The lowest BCUT2D eigenvalue weighted by Crippen LogP contribution is -2.52. The molecule has 7 aromatic rings. The van der Waals surface area contributed by atoms with Gasteiger partial charge in [-0.3, -0.25) is 43.2 Å². The van der Waals surface area contributed by atoms with E-state index in [1.807, 2.05) is 22.6 Å². The topological polar surface area (TPSA) is 349 Å². The second-order valence-electron chi connectivity index (χ2n) is 24.6. The van der Waals surface area contributed by atoms with Gasteiger partial charge in [0, 0.05) is 76.0 Å². The zero-order chi connectivity index (χ0) is 71.3. The Morgan fingerprint density at radius 1 is 0.820 bits per heavy atom. The second-order valence-corrected chi connectivity index (χ2v) is 25.8. The monoisotopic (exact) mass is 1470 g/mol. The average molecular weight is 1480 g/mol. The van der Waals surface area contributed by atoms with Crippen molar-refractivity contribution in [1.29, 1.82) is 0 Å². The summed E-state index contributed by atoms with van der Waals surface area (Å²) in [5.41, 5.74) is 3.03. The zero-order valence-electron chi connectivity index (χ0n) is 54.6. The van der Waals surface area contributed by atoms with Gasteiger partial charge in [-0.1, -0.05) is 67.6 Å².